The highest BCUT2D eigenvalue weighted by molar-refractivity contribution is 4.89. The van der Waals surface area contributed by atoms with E-state index in [2.05, 4.69) is 4.90 Å². The van der Waals surface area contributed by atoms with Gasteiger partial charge in [-0.1, -0.05) is 6.42 Å². The zero-order chi connectivity index (χ0) is 12.1. The summed E-state index contributed by atoms with van der Waals surface area (Å²) in [7, 11) is 0. The van der Waals surface area contributed by atoms with E-state index >= 15 is 0 Å². The second-order valence-corrected chi connectivity index (χ2v) is 5.59. The molecule has 4 heteroatoms. The van der Waals surface area contributed by atoms with Crippen LogP contribution in [0.4, 0.5) is 0 Å². The van der Waals surface area contributed by atoms with Gasteiger partial charge in [0.05, 0.1) is 19.8 Å². The third kappa shape index (κ3) is 3.19. The Hall–Kier alpha value is -0.160. The predicted molar refractivity (Wildman–Crippen MR) is 65.9 cm³/mol. The number of aliphatic hydroxyl groups is 2. The van der Waals surface area contributed by atoms with Gasteiger partial charge in [-0.25, -0.2) is 0 Å². The molecule has 100 valence electrons. The molecule has 0 bridgehead atoms. The molecule has 0 aromatic heterocycles. The van der Waals surface area contributed by atoms with Crippen LogP contribution in [0.3, 0.4) is 0 Å². The first kappa shape index (κ1) is 13.3. The van der Waals surface area contributed by atoms with Crippen molar-refractivity contribution >= 4 is 0 Å². The normalized spacial score (nSPS) is 30.5. The highest BCUT2D eigenvalue weighted by atomic mass is 16.5. The van der Waals surface area contributed by atoms with E-state index in [1.54, 1.807) is 0 Å². The van der Waals surface area contributed by atoms with Crippen LogP contribution < -0.4 is 0 Å². The fourth-order valence-electron chi connectivity index (χ4n) is 2.91. The molecule has 2 fully saturated rings. The van der Waals surface area contributed by atoms with Crippen LogP contribution in [0, 0.1) is 5.41 Å². The summed E-state index contributed by atoms with van der Waals surface area (Å²) < 4.78 is 5.54. The van der Waals surface area contributed by atoms with Crippen molar-refractivity contribution in [3.8, 4) is 0 Å². The van der Waals surface area contributed by atoms with Crippen molar-refractivity contribution in [2.45, 2.75) is 38.1 Å². The van der Waals surface area contributed by atoms with Crippen molar-refractivity contribution in [1.82, 2.24) is 4.90 Å². The van der Waals surface area contributed by atoms with Crippen LogP contribution in [-0.4, -0.2) is 60.7 Å². The lowest BCUT2D eigenvalue weighted by atomic mass is 9.81. The molecule has 1 aliphatic heterocycles. The maximum atomic E-state index is 9.66. The summed E-state index contributed by atoms with van der Waals surface area (Å²) in [5, 5.41) is 18.8. The van der Waals surface area contributed by atoms with E-state index in [9.17, 15) is 5.11 Å². The average Bonchev–Trinajstić information content (AvgIpc) is 2.28. The van der Waals surface area contributed by atoms with Gasteiger partial charge < -0.3 is 14.9 Å². The molecule has 1 heterocycles. The summed E-state index contributed by atoms with van der Waals surface area (Å²) in [6, 6.07) is 0.618. The zero-order valence-corrected chi connectivity index (χ0v) is 10.6. The quantitative estimate of drug-likeness (QED) is 0.718. The highest BCUT2D eigenvalue weighted by Gasteiger charge is 2.37. The van der Waals surface area contributed by atoms with Gasteiger partial charge in [0.15, 0.2) is 0 Å². The lowest BCUT2D eigenvalue weighted by Gasteiger charge is -2.44. The molecule has 1 saturated carbocycles. The monoisotopic (exact) mass is 243 g/mol. The number of hydrogen-bond acceptors (Lipinski definition) is 4. The molecule has 1 atom stereocenters. The molecule has 2 rings (SSSR count). The van der Waals surface area contributed by atoms with Crippen LogP contribution >= 0.6 is 0 Å². The Kier molecular flexibility index (Phi) is 4.79. The second kappa shape index (κ2) is 6.14. The van der Waals surface area contributed by atoms with Gasteiger partial charge in [-0.05, 0) is 25.7 Å². The summed E-state index contributed by atoms with van der Waals surface area (Å²) in [6.45, 7) is 3.49. The lowest BCUT2D eigenvalue weighted by molar-refractivity contribution is -0.0680. The Labute approximate surface area is 104 Å². The number of nitrogens with zero attached hydrogens (tertiary/aromatic N) is 1. The molecule has 2 N–H and O–H groups in total. The zero-order valence-electron chi connectivity index (χ0n) is 10.6. The summed E-state index contributed by atoms with van der Waals surface area (Å²) in [5.41, 5.74) is -0.0942. The number of rotatable bonds is 6. The third-order valence-electron chi connectivity index (χ3n) is 4.26. The third-order valence-corrected chi connectivity index (χ3v) is 4.26. The van der Waals surface area contributed by atoms with Gasteiger partial charge in [0, 0.05) is 31.2 Å². The van der Waals surface area contributed by atoms with Crippen LogP contribution in [0.2, 0.25) is 0 Å². The molecule has 0 radical (unpaired) electrons. The second-order valence-electron chi connectivity index (χ2n) is 5.59. The molecule has 1 aliphatic carbocycles. The first-order chi connectivity index (χ1) is 8.29. The largest absolute Gasteiger partial charge is 0.396 e. The first-order valence-corrected chi connectivity index (χ1v) is 6.83. The van der Waals surface area contributed by atoms with E-state index in [4.69, 9.17) is 9.84 Å². The molecule has 17 heavy (non-hydrogen) atoms. The van der Waals surface area contributed by atoms with Crippen LogP contribution in [0.15, 0.2) is 0 Å². The smallest absolute Gasteiger partial charge is 0.0558 e. The van der Waals surface area contributed by atoms with Gasteiger partial charge in [-0.2, -0.15) is 0 Å². The van der Waals surface area contributed by atoms with E-state index in [0.717, 1.165) is 32.5 Å². The minimum atomic E-state index is -0.0942. The van der Waals surface area contributed by atoms with E-state index in [-0.39, 0.29) is 18.6 Å². The SMILES string of the molecule is OCCN(CC1(CO)CCCOC1)C1CCC1. The molecule has 4 nitrogen and oxygen atoms in total. The van der Waals surface area contributed by atoms with Crippen molar-refractivity contribution < 1.29 is 14.9 Å². The first-order valence-electron chi connectivity index (χ1n) is 6.83. The molecule has 0 aromatic rings. The van der Waals surface area contributed by atoms with Crippen molar-refractivity contribution in [2.24, 2.45) is 5.41 Å². The predicted octanol–water partition coefficient (Wildman–Crippen LogP) is 0.622. The lowest BCUT2D eigenvalue weighted by Crippen LogP contribution is -2.51. The molecule has 1 saturated heterocycles. The van der Waals surface area contributed by atoms with Crippen molar-refractivity contribution in [1.29, 1.82) is 0 Å². The number of aliphatic hydroxyl groups excluding tert-OH is 2. The Balaban J connectivity index is 1.93. The van der Waals surface area contributed by atoms with Gasteiger partial charge >= 0.3 is 0 Å². The Morgan fingerprint density at radius 2 is 2.06 bits per heavy atom. The standard InChI is InChI=1S/C13H25NO3/c15-7-6-14(12-3-1-4-12)9-13(10-16)5-2-8-17-11-13/h12,15-16H,1-11H2. The maximum absolute atomic E-state index is 9.66. The molecule has 1 unspecified atom stereocenters. The van der Waals surface area contributed by atoms with Crippen LogP contribution in [-0.2, 0) is 4.74 Å². The molecule has 0 amide bonds. The van der Waals surface area contributed by atoms with Crippen LogP contribution in [0.5, 0.6) is 0 Å². The van der Waals surface area contributed by atoms with Gasteiger partial charge in [-0.15, -0.1) is 0 Å². The van der Waals surface area contributed by atoms with Crippen molar-refractivity contribution in [3.05, 3.63) is 0 Å². The molecule has 2 aliphatic rings. The topological polar surface area (TPSA) is 52.9 Å². The molecule has 0 spiro atoms. The van der Waals surface area contributed by atoms with Gasteiger partial charge in [0.1, 0.15) is 0 Å². The van der Waals surface area contributed by atoms with Crippen LogP contribution in [0.1, 0.15) is 32.1 Å². The Bertz CT molecular complexity index is 225. The van der Waals surface area contributed by atoms with Gasteiger partial charge in [0.2, 0.25) is 0 Å². The highest BCUT2D eigenvalue weighted by Crippen LogP contribution is 2.33. The van der Waals surface area contributed by atoms with E-state index < -0.39 is 0 Å². The average molecular weight is 243 g/mol. The van der Waals surface area contributed by atoms with Crippen molar-refractivity contribution in [3.63, 3.8) is 0 Å². The molecular formula is C13H25NO3. The maximum Gasteiger partial charge on any atom is 0.0558 e. The summed E-state index contributed by atoms with van der Waals surface area (Å²) in [4.78, 5) is 2.36. The molecule has 0 aromatic carbocycles. The van der Waals surface area contributed by atoms with Crippen LogP contribution in [0.25, 0.3) is 0 Å². The van der Waals surface area contributed by atoms with Crippen molar-refractivity contribution in [2.75, 3.05) is 39.5 Å². The Morgan fingerprint density at radius 3 is 2.53 bits per heavy atom. The molecular weight excluding hydrogens is 218 g/mol. The van der Waals surface area contributed by atoms with E-state index in [1.807, 2.05) is 0 Å². The summed E-state index contributed by atoms with van der Waals surface area (Å²) >= 11 is 0. The summed E-state index contributed by atoms with van der Waals surface area (Å²) in [6.07, 6.45) is 5.86. The minimum absolute atomic E-state index is 0.0942. The fourth-order valence-corrected chi connectivity index (χ4v) is 2.91. The van der Waals surface area contributed by atoms with E-state index in [1.165, 1.54) is 19.3 Å². The summed E-state index contributed by atoms with van der Waals surface area (Å²) in [5.74, 6) is 0. The van der Waals surface area contributed by atoms with Gasteiger partial charge in [0.25, 0.3) is 0 Å². The Morgan fingerprint density at radius 1 is 1.24 bits per heavy atom. The minimum Gasteiger partial charge on any atom is -0.396 e. The van der Waals surface area contributed by atoms with Gasteiger partial charge in [-0.3, -0.25) is 4.90 Å². The number of ether oxygens (including phenoxy) is 1. The fraction of sp³-hybridized carbons (Fsp3) is 1.00. The van der Waals surface area contributed by atoms with E-state index in [0.29, 0.717) is 12.6 Å². The number of hydrogen-bond donors (Lipinski definition) is 2.